The van der Waals surface area contributed by atoms with E-state index < -0.39 is 61.2 Å². The Hall–Kier alpha value is -0.400. The molecule has 24 heavy (non-hydrogen) atoms. The van der Waals surface area contributed by atoms with Crippen LogP contribution in [0.1, 0.15) is 6.92 Å². The standard InChI is InChI=1S/C14H26O10/c1-5-6(3-15)23-14(11(19)8(5)16)22-4-7-9(17)10(18)12(20)13(21-2)24-7/h5-20H,3-4H2,1-2H3. The van der Waals surface area contributed by atoms with Crippen molar-refractivity contribution in [1.82, 2.24) is 0 Å². The third kappa shape index (κ3) is 3.88. The average molecular weight is 354 g/mol. The Morgan fingerprint density at radius 2 is 1.38 bits per heavy atom. The number of methoxy groups -OCH3 is 1. The molecular weight excluding hydrogens is 328 g/mol. The van der Waals surface area contributed by atoms with E-state index in [-0.39, 0.29) is 13.2 Å². The highest BCUT2D eigenvalue weighted by atomic mass is 16.7. The second-order valence-electron chi connectivity index (χ2n) is 6.15. The monoisotopic (exact) mass is 354 g/mol. The molecule has 0 bridgehead atoms. The molecule has 0 aromatic rings. The molecule has 142 valence electrons. The first-order valence-electron chi connectivity index (χ1n) is 7.78. The molecule has 2 aliphatic rings. The van der Waals surface area contributed by atoms with Crippen molar-refractivity contribution in [2.75, 3.05) is 20.3 Å². The summed E-state index contributed by atoms with van der Waals surface area (Å²) in [5, 5.41) is 58.7. The summed E-state index contributed by atoms with van der Waals surface area (Å²) >= 11 is 0. The minimum absolute atomic E-state index is 0.300. The molecule has 2 fully saturated rings. The largest absolute Gasteiger partial charge is 0.394 e. The summed E-state index contributed by atoms with van der Waals surface area (Å²) in [6, 6.07) is 0. The molecule has 0 aliphatic carbocycles. The summed E-state index contributed by atoms with van der Waals surface area (Å²) in [5.74, 6) is -0.490. The molecule has 10 unspecified atom stereocenters. The molecule has 0 saturated carbocycles. The van der Waals surface area contributed by atoms with Crippen LogP contribution in [0.4, 0.5) is 0 Å². The number of rotatable bonds is 5. The molecule has 2 saturated heterocycles. The Bertz CT molecular complexity index is 356. The number of aliphatic hydroxyl groups excluding tert-OH is 6. The Balaban J connectivity index is 1.96. The van der Waals surface area contributed by atoms with Gasteiger partial charge in [-0.25, -0.2) is 0 Å². The maximum absolute atomic E-state index is 10.0. The van der Waals surface area contributed by atoms with E-state index in [9.17, 15) is 30.6 Å². The summed E-state index contributed by atoms with van der Waals surface area (Å²) in [4.78, 5) is 0. The van der Waals surface area contributed by atoms with Crippen LogP contribution in [-0.2, 0) is 18.9 Å². The Morgan fingerprint density at radius 1 is 0.792 bits per heavy atom. The fraction of sp³-hybridized carbons (Fsp3) is 1.00. The summed E-state index contributed by atoms with van der Waals surface area (Å²) in [7, 11) is 1.27. The van der Waals surface area contributed by atoms with Crippen molar-refractivity contribution >= 4 is 0 Å². The first-order chi connectivity index (χ1) is 11.3. The van der Waals surface area contributed by atoms with Gasteiger partial charge in [-0.05, 0) is 0 Å². The minimum Gasteiger partial charge on any atom is -0.394 e. The molecule has 0 aromatic heterocycles. The minimum atomic E-state index is -1.50. The summed E-state index contributed by atoms with van der Waals surface area (Å²) in [6.45, 7) is 0.968. The lowest BCUT2D eigenvalue weighted by Gasteiger charge is -2.43. The molecule has 2 aliphatic heterocycles. The molecule has 0 radical (unpaired) electrons. The predicted octanol–water partition coefficient (Wildman–Crippen LogP) is -3.47. The van der Waals surface area contributed by atoms with E-state index >= 15 is 0 Å². The number of ether oxygens (including phenoxy) is 4. The van der Waals surface area contributed by atoms with Crippen LogP contribution in [0, 0.1) is 5.92 Å². The fourth-order valence-corrected chi connectivity index (χ4v) is 2.85. The SMILES string of the molecule is COC1OC(COC2OC(CO)C(C)C(O)C2O)C(O)C(O)C1O. The van der Waals surface area contributed by atoms with Crippen molar-refractivity contribution in [3.63, 3.8) is 0 Å². The lowest BCUT2D eigenvalue weighted by Crippen LogP contribution is -2.60. The van der Waals surface area contributed by atoms with Gasteiger partial charge >= 0.3 is 0 Å². The third-order valence-corrected chi connectivity index (χ3v) is 4.57. The van der Waals surface area contributed by atoms with Crippen LogP contribution in [0.15, 0.2) is 0 Å². The number of hydrogen-bond acceptors (Lipinski definition) is 10. The molecule has 0 spiro atoms. The molecular formula is C14H26O10. The van der Waals surface area contributed by atoms with Gasteiger partial charge in [0.2, 0.25) is 0 Å². The highest BCUT2D eigenvalue weighted by molar-refractivity contribution is 4.90. The average Bonchev–Trinajstić information content (AvgIpc) is 2.58. The smallest absolute Gasteiger partial charge is 0.186 e. The van der Waals surface area contributed by atoms with Gasteiger partial charge in [0, 0.05) is 13.0 Å². The lowest BCUT2D eigenvalue weighted by molar-refractivity contribution is -0.323. The van der Waals surface area contributed by atoms with Crippen molar-refractivity contribution in [2.24, 2.45) is 5.92 Å². The van der Waals surface area contributed by atoms with Gasteiger partial charge in [-0.1, -0.05) is 6.92 Å². The van der Waals surface area contributed by atoms with E-state index in [1.54, 1.807) is 6.92 Å². The zero-order valence-corrected chi connectivity index (χ0v) is 13.5. The normalized spacial score (nSPS) is 50.0. The molecule has 2 rings (SSSR count). The first-order valence-corrected chi connectivity index (χ1v) is 7.78. The molecule has 10 atom stereocenters. The fourth-order valence-electron chi connectivity index (χ4n) is 2.85. The second-order valence-corrected chi connectivity index (χ2v) is 6.15. The maximum atomic E-state index is 10.0. The number of aliphatic hydroxyl groups is 6. The van der Waals surface area contributed by atoms with Crippen molar-refractivity contribution in [3.8, 4) is 0 Å². The van der Waals surface area contributed by atoms with Gasteiger partial charge in [-0.3, -0.25) is 0 Å². The van der Waals surface area contributed by atoms with Crippen molar-refractivity contribution < 1.29 is 49.6 Å². The highest BCUT2D eigenvalue weighted by Crippen LogP contribution is 2.28. The second kappa shape index (κ2) is 8.32. The zero-order chi connectivity index (χ0) is 18.0. The van der Waals surface area contributed by atoms with Crippen LogP contribution < -0.4 is 0 Å². The molecule has 10 heteroatoms. The van der Waals surface area contributed by atoms with E-state index in [4.69, 9.17) is 18.9 Å². The van der Waals surface area contributed by atoms with E-state index in [2.05, 4.69) is 0 Å². The first kappa shape index (κ1) is 19.9. The molecule has 0 aromatic carbocycles. The van der Waals surface area contributed by atoms with Gasteiger partial charge in [0.1, 0.15) is 30.5 Å². The van der Waals surface area contributed by atoms with Crippen molar-refractivity contribution in [3.05, 3.63) is 0 Å². The summed E-state index contributed by atoms with van der Waals surface area (Å²) in [6.07, 6.45) is -11.0. The van der Waals surface area contributed by atoms with Crippen LogP contribution in [0.2, 0.25) is 0 Å². The van der Waals surface area contributed by atoms with Crippen LogP contribution in [0.25, 0.3) is 0 Å². The zero-order valence-electron chi connectivity index (χ0n) is 13.5. The Morgan fingerprint density at radius 3 is 1.96 bits per heavy atom. The van der Waals surface area contributed by atoms with E-state index in [0.717, 1.165) is 0 Å². The summed E-state index contributed by atoms with van der Waals surface area (Å²) in [5.41, 5.74) is 0. The molecule has 2 heterocycles. The van der Waals surface area contributed by atoms with Gasteiger partial charge in [-0.2, -0.15) is 0 Å². The Labute approximate surface area is 139 Å². The quantitative estimate of drug-likeness (QED) is 0.293. The van der Waals surface area contributed by atoms with Crippen LogP contribution in [0.3, 0.4) is 0 Å². The van der Waals surface area contributed by atoms with Gasteiger partial charge in [0.25, 0.3) is 0 Å². The maximum Gasteiger partial charge on any atom is 0.186 e. The van der Waals surface area contributed by atoms with Crippen LogP contribution in [-0.4, -0.2) is 106 Å². The van der Waals surface area contributed by atoms with Crippen molar-refractivity contribution in [2.45, 2.75) is 62.2 Å². The topological polar surface area (TPSA) is 158 Å². The highest BCUT2D eigenvalue weighted by Gasteiger charge is 2.46. The summed E-state index contributed by atoms with van der Waals surface area (Å²) < 4.78 is 20.9. The van der Waals surface area contributed by atoms with Crippen LogP contribution in [0.5, 0.6) is 0 Å². The predicted molar refractivity (Wildman–Crippen MR) is 76.6 cm³/mol. The van der Waals surface area contributed by atoms with Gasteiger partial charge < -0.3 is 49.6 Å². The lowest BCUT2D eigenvalue weighted by atomic mass is 9.91. The van der Waals surface area contributed by atoms with Gasteiger partial charge in [-0.15, -0.1) is 0 Å². The van der Waals surface area contributed by atoms with E-state index in [1.165, 1.54) is 7.11 Å². The van der Waals surface area contributed by atoms with Crippen LogP contribution >= 0.6 is 0 Å². The molecule has 6 N–H and O–H groups in total. The molecule has 0 amide bonds. The van der Waals surface area contributed by atoms with Gasteiger partial charge in [0.15, 0.2) is 12.6 Å². The van der Waals surface area contributed by atoms with Gasteiger partial charge in [0.05, 0.1) is 25.4 Å². The van der Waals surface area contributed by atoms with E-state index in [0.29, 0.717) is 0 Å². The Kier molecular flexibility index (Phi) is 6.90. The number of hydrogen-bond donors (Lipinski definition) is 6. The van der Waals surface area contributed by atoms with E-state index in [1.807, 2.05) is 0 Å². The third-order valence-electron chi connectivity index (χ3n) is 4.57. The van der Waals surface area contributed by atoms with Crippen molar-refractivity contribution in [1.29, 1.82) is 0 Å². The molecule has 10 nitrogen and oxygen atoms in total.